The molecular weight excluding hydrogens is 428 g/mol. The molecule has 0 bridgehead atoms. The van der Waals surface area contributed by atoms with Crippen LogP contribution in [0.4, 0.5) is 25.0 Å². The van der Waals surface area contributed by atoms with Crippen molar-refractivity contribution >= 4 is 27.6 Å². The molecule has 0 saturated carbocycles. The van der Waals surface area contributed by atoms with Gasteiger partial charge in [0.25, 0.3) is 10.2 Å². The van der Waals surface area contributed by atoms with E-state index >= 15 is 0 Å². The summed E-state index contributed by atoms with van der Waals surface area (Å²) >= 11 is 0. The average Bonchev–Trinajstić information content (AvgIpc) is 2.69. The quantitative estimate of drug-likeness (QED) is 0.726. The number of amides is 2. The summed E-state index contributed by atoms with van der Waals surface area (Å²) in [6.45, 7) is 1.99. The highest BCUT2D eigenvalue weighted by molar-refractivity contribution is 7.86. The van der Waals surface area contributed by atoms with Gasteiger partial charge in [0.2, 0.25) is 0 Å². The molecule has 2 N–H and O–H groups in total. The van der Waals surface area contributed by atoms with E-state index in [9.17, 15) is 22.0 Å². The van der Waals surface area contributed by atoms with E-state index in [1.807, 2.05) is 4.90 Å². The molecule has 0 aromatic heterocycles. The Bertz CT molecular complexity index is 1040. The van der Waals surface area contributed by atoms with Crippen molar-refractivity contribution in [2.45, 2.75) is 6.54 Å². The summed E-state index contributed by atoms with van der Waals surface area (Å²) < 4.78 is 54.7. The van der Waals surface area contributed by atoms with E-state index in [-0.39, 0.29) is 5.69 Å². The van der Waals surface area contributed by atoms with E-state index in [0.29, 0.717) is 44.0 Å². The zero-order valence-electron chi connectivity index (χ0n) is 17.3. The van der Waals surface area contributed by atoms with Crippen LogP contribution in [0.5, 0.6) is 0 Å². The Morgan fingerprint density at radius 3 is 2.13 bits per heavy atom. The smallest absolute Gasteiger partial charge is 0.323 e. The lowest BCUT2D eigenvalue weighted by atomic mass is 10.1. The second-order valence-corrected chi connectivity index (χ2v) is 9.58. The number of rotatable bonds is 6. The van der Waals surface area contributed by atoms with Crippen LogP contribution in [0.25, 0.3) is 0 Å². The molecule has 1 fully saturated rings. The Kier molecular flexibility index (Phi) is 6.90. The maximum Gasteiger partial charge on any atom is 0.323 e. The van der Waals surface area contributed by atoms with E-state index in [1.54, 1.807) is 6.07 Å². The maximum atomic E-state index is 14.3. The summed E-state index contributed by atoms with van der Waals surface area (Å²) in [5.74, 6) is -1.02. The van der Waals surface area contributed by atoms with E-state index in [1.165, 1.54) is 59.1 Å². The van der Waals surface area contributed by atoms with Crippen molar-refractivity contribution in [3.8, 4) is 0 Å². The van der Waals surface area contributed by atoms with Crippen molar-refractivity contribution < 1.29 is 22.0 Å². The Morgan fingerprint density at radius 1 is 0.968 bits per heavy atom. The maximum absolute atomic E-state index is 14.3. The number of halogens is 2. The molecule has 1 aliphatic heterocycles. The Labute approximate surface area is 180 Å². The highest BCUT2D eigenvalue weighted by Crippen LogP contribution is 2.28. The van der Waals surface area contributed by atoms with Crippen LogP contribution < -0.4 is 10.6 Å². The molecule has 0 radical (unpaired) electrons. The number of nitrogens with two attached hydrogens (primary N) is 1. The third-order valence-corrected chi connectivity index (χ3v) is 6.97. The fourth-order valence-electron chi connectivity index (χ4n) is 3.45. The molecular formula is C20H25F2N5O3S. The first kappa shape index (κ1) is 23.1. The normalized spacial score (nSPS) is 15.9. The molecule has 168 valence electrons. The van der Waals surface area contributed by atoms with Gasteiger partial charge in [0.15, 0.2) is 0 Å². The predicted octanol–water partition coefficient (Wildman–Crippen LogP) is 2.11. The number of carbonyl (C=O) groups is 1. The lowest BCUT2D eigenvalue weighted by Gasteiger charge is -2.35. The first-order valence-electron chi connectivity index (χ1n) is 9.62. The highest BCUT2D eigenvalue weighted by Gasteiger charge is 2.28. The van der Waals surface area contributed by atoms with Gasteiger partial charge < -0.3 is 5.73 Å². The van der Waals surface area contributed by atoms with Crippen LogP contribution in [-0.4, -0.2) is 68.2 Å². The van der Waals surface area contributed by atoms with E-state index in [4.69, 9.17) is 5.73 Å². The second-order valence-electron chi connectivity index (χ2n) is 7.43. The first-order chi connectivity index (χ1) is 14.6. The van der Waals surface area contributed by atoms with Crippen molar-refractivity contribution in [1.82, 2.24) is 13.5 Å². The standard InChI is InChI=1S/C20H25F2N5O3S/c1-24(2)31(29,30)26-9-7-25(8-10-26)14-15-11-17(22)13-19(12-15)27(20(23)28)18-5-3-16(21)4-6-18/h3-6,11-13H,7-10,14H2,1-2H3,(H2,23,28). The average molecular weight is 454 g/mol. The van der Waals surface area contributed by atoms with Gasteiger partial charge in [-0.15, -0.1) is 0 Å². The van der Waals surface area contributed by atoms with Crippen LogP contribution in [0.2, 0.25) is 0 Å². The van der Waals surface area contributed by atoms with Crippen LogP contribution in [0.1, 0.15) is 5.56 Å². The molecule has 1 heterocycles. The minimum absolute atomic E-state index is 0.225. The largest absolute Gasteiger partial charge is 0.351 e. The van der Waals surface area contributed by atoms with Crippen LogP contribution >= 0.6 is 0 Å². The van der Waals surface area contributed by atoms with Crippen LogP contribution in [0, 0.1) is 11.6 Å². The number of primary amides is 1. The van der Waals surface area contributed by atoms with Crippen molar-refractivity contribution in [3.63, 3.8) is 0 Å². The Balaban J connectivity index is 1.77. The fraction of sp³-hybridized carbons (Fsp3) is 0.350. The minimum Gasteiger partial charge on any atom is -0.351 e. The van der Waals surface area contributed by atoms with Crippen molar-refractivity contribution in [3.05, 3.63) is 59.7 Å². The van der Waals surface area contributed by atoms with Crippen molar-refractivity contribution in [2.75, 3.05) is 45.2 Å². The van der Waals surface area contributed by atoms with Gasteiger partial charge in [0.05, 0.1) is 11.4 Å². The van der Waals surface area contributed by atoms with Gasteiger partial charge in [-0.25, -0.2) is 13.6 Å². The van der Waals surface area contributed by atoms with E-state index in [2.05, 4.69) is 0 Å². The van der Waals surface area contributed by atoms with Gasteiger partial charge in [0, 0.05) is 46.8 Å². The van der Waals surface area contributed by atoms with Gasteiger partial charge >= 0.3 is 6.03 Å². The molecule has 2 aromatic rings. The predicted molar refractivity (Wildman–Crippen MR) is 114 cm³/mol. The fourth-order valence-corrected chi connectivity index (χ4v) is 4.54. The lowest BCUT2D eigenvalue weighted by molar-refractivity contribution is 0.177. The van der Waals surface area contributed by atoms with Gasteiger partial charge in [-0.05, 0) is 48.0 Å². The number of benzene rings is 2. The molecule has 0 aliphatic carbocycles. The number of anilines is 2. The Hall–Kier alpha value is -2.60. The van der Waals surface area contributed by atoms with E-state index in [0.717, 1.165) is 4.90 Å². The number of hydrogen-bond acceptors (Lipinski definition) is 4. The number of carbonyl (C=O) groups excluding carboxylic acids is 1. The summed E-state index contributed by atoms with van der Waals surface area (Å²) in [4.78, 5) is 15.1. The Morgan fingerprint density at radius 2 is 1.58 bits per heavy atom. The molecule has 0 spiro atoms. The molecule has 3 rings (SSSR count). The summed E-state index contributed by atoms with van der Waals surface area (Å²) in [7, 11) is -0.494. The van der Waals surface area contributed by atoms with Gasteiger partial charge in [-0.3, -0.25) is 9.80 Å². The highest BCUT2D eigenvalue weighted by atomic mass is 32.2. The third kappa shape index (κ3) is 5.37. The lowest BCUT2D eigenvalue weighted by Crippen LogP contribution is -2.51. The molecule has 11 heteroatoms. The molecule has 2 amide bonds. The number of piperazine rings is 1. The molecule has 1 aliphatic rings. The van der Waals surface area contributed by atoms with Gasteiger partial charge in [-0.2, -0.15) is 17.0 Å². The summed E-state index contributed by atoms with van der Waals surface area (Å²) in [5.41, 5.74) is 6.64. The third-order valence-electron chi connectivity index (χ3n) is 5.03. The van der Waals surface area contributed by atoms with Crippen molar-refractivity contribution in [1.29, 1.82) is 0 Å². The van der Waals surface area contributed by atoms with Crippen molar-refractivity contribution in [2.24, 2.45) is 5.73 Å². The van der Waals surface area contributed by atoms with Crippen LogP contribution in [0.15, 0.2) is 42.5 Å². The SMILES string of the molecule is CN(C)S(=O)(=O)N1CCN(Cc2cc(F)cc(N(C(N)=O)c3ccc(F)cc3)c2)CC1. The van der Waals surface area contributed by atoms with Crippen LogP contribution in [-0.2, 0) is 16.8 Å². The molecule has 8 nitrogen and oxygen atoms in total. The molecule has 0 atom stereocenters. The second kappa shape index (κ2) is 9.27. The molecule has 1 saturated heterocycles. The zero-order valence-corrected chi connectivity index (χ0v) is 18.1. The summed E-state index contributed by atoms with van der Waals surface area (Å²) in [6.07, 6.45) is 0. The molecule has 0 unspecified atom stereocenters. The van der Waals surface area contributed by atoms with Gasteiger partial charge in [0.1, 0.15) is 11.6 Å². The number of nitrogens with zero attached hydrogens (tertiary/aromatic N) is 4. The van der Waals surface area contributed by atoms with E-state index < -0.39 is 27.9 Å². The minimum atomic E-state index is -3.47. The number of urea groups is 1. The summed E-state index contributed by atoms with van der Waals surface area (Å²) in [6, 6.07) is 8.49. The van der Waals surface area contributed by atoms with Crippen LogP contribution in [0.3, 0.4) is 0 Å². The zero-order chi connectivity index (χ0) is 22.8. The van der Waals surface area contributed by atoms with Gasteiger partial charge in [-0.1, -0.05) is 0 Å². The molecule has 31 heavy (non-hydrogen) atoms. The topological polar surface area (TPSA) is 90.2 Å². The monoisotopic (exact) mass is 453 g/mol. The number of hydrogen-bond donors (Lipinski definition) is 1. The summed E-state index contributed by atoms with van der Waals surface area (Å²) in [5, 5.41) is 0. The first-order valence-corrected chi connectivity index (χ1v) is 11.0. The molecule has 2 aromatic carbocycles.